The minimum absolute atomic E-state index is 0.0578. The number of nitrogens with zero attached hydrogens (tertiary/aromatic N) is 4. The third kappa shape index (κ3) is 7.35. The Balaban J connectivity index is 0.000000398. The molecule has 12 heteroatoms. The van der Waals surface area contributed by atoms with Crippen LogP contribution in [-0.2, 0) is 12.7 Å². The molecule has 0 aliphatic heterocycles. The van der Waals surface area contributed by atoms with Gasteiger partial charge in [0.2, 0.25) is 0 Å². The van der Waals surface area contributed by atoms with E-state index < -0.39 is 30.3 Å². The Bertz CT molecular complexity index is 1480. The maximum atomic E-state index is 13.4. The Labute approximate surface area is 230 Å². The largest absolute Gasteiger partial charge is 0.418 e. The summed E-state index contributed by atoms with van der Waals surface area (Å²) in [4.78, 5) is 21.0. The van der Waals surface area contributed by atoms with Crippen molar-refractivity contribution in [3.63, 3.8) is 0 Å². The summed E-state index contributed by atoms with van der Waals surface area (Å²) < 4.78 is 79.4. The van der Waals surface area contributed by atoms with E-state index >= 15 is 0 Å². The molecule has 0 saturated heterocycles. The Kier molecular flexibility index (Phi) is 9.39. The van der Waals surface area contributed by atoms with Crippen molar-refractivity contribution in [3.8, 4) is 10.6 Å². The SMILES string of the molecule is Cc1cccc(F)c1.O=c1c(C2CCCCC2)cc(-c2cnc(C(F)F)s2)nn1Cc1ncccc1C(F)(F)F. The molecule has 0 N–H and O–H groups in total. The van der Waals surface area contributed by atoms with E-state index in [1.54, 1.807) is 12.1 Å². The summed E-state index contributed by atoms with van der Waals surface area (Å²) in [6, 6.07) is 10.1. The molecule has 5 rings (SSSR count). The van der Waals surface area contributed by atoms with Gasteiger partial charge < -0.3 is 0 Å². The minimum Gasteiger partial charge on any atom is -0.267 e. The first-order valence-corrected chi connectivity index (χ1v) is 13.4. The van der Waals surface area contributed by atoms with Crippen molar-refractivity contribution in [2.75, 3.05) is 0 Å². The lowest BCUT2D eigenvalue weighted by Crippen LogP contribution is -2.30. The van der Waals surface area contributed by atoms with Crippen LogP contribution in [0, 0.1) is 12.7 Å². The average molecular weight is 581 g/mol. The zero-order valence-corrected chi connectivity index (χ0v) is 22.3. The van der Waals surface area contributed by atoms with Gasteiger partial charge in [-0.2, -0.15) is 18.3 Å². The van der Waals surface area contributed by atoms with Crippen LogP contribution in [0.1, 0.15) is 71.8 Å². The fraction of sp³-hybridized carbons (Fsp3) is 0.357. The smallest absolute Gasteiger partial charge is 0.267 e. The second-order valence-electron chi connectivity index (χ2n) is 9.44. The van der Waals surface area contributed by atoms with Gasteiger partial charge in [-0.15, -0.1) is 11.3 Å². The highest BCUT2D eigenvalue weighted by atomic mass is 32.1. The molecule has 1 saturated carbocycles. The summed E-state index contributed by atoms with van der Waals surface area (Å²) in [6.07, 6.45) is -0.427. The molecule has 0 unspecified atom stereocenters. The van der Waals surface area contributed by atoms with E-state index in [4.69, 9.17) is 0 Å². The van der Waals surface area contributed by atoms with Crippen molar-refractivity contribution in [1.29, 1.82) is 0 Å². The number of thiazole rings is 1. The van der Waals surface area contributed by atoms with Gasteiger partial charge >= 0.3 is 6.18 Å². The maximum absolute atomic E-state index is 13.4. The zero-order valence-electron chi connectivity index (χ0n) is 21.5. The third-order valence-corrected chi connectivity index (χ3v) is 7.51. The third-order valence-electron chi connectivity index (χ3n) is 6.49. The van der Waals surface area contributed by atoms with Gasteiger partial charge in [0.15, 0.2) is 5.01 Å². The molecule has 1 aromatic carbocycles. The Morgan fingerprint density at radius 1 is 1.05 bits per heavy atom. The van der Waals surface area contributed by atoms with E-state index in [-0.39, 0.29) is 28.1 Å². The van der Waals surface area contributed by atoms with E-state index in [9.17, 15) is 31.1 Å². The maximum Gasteiger partial charge on any atom is 0.418 e. The monoisotopic (exact) mass is 580 g/mol. The van der Waals surface area contributed by atoms with Crippen molar-refractivity contribution >= 4 is 11.3 Å². The number of halogens is 6. The van der Waals surface area contributed by atoms with Crippen LogP contribution in [0.5, 0.6) is 0 Å². The highest BCUT2D eigenvalue weighted by Gasteiger charge is 2.34. The Morgan fingerprint density at radius 2 is 1.80 bits per heavy atom. The number of aromatic nitrogens is 4. The quantitative estimate of drug-likeness (QED) is 0.225. The van der Waals surface area contributed by atoms with Crippen molar-refractivity contribution in [2.24, 2.45) is 0 Å². The topological polar surface area (TPSA) is 60.7 Å². The molecule has 0 bridgehead atoms. The zero-order chi connectivity index (χ0) is 28.9. The summed E-state index contributed by atoms with van der Waals surface area (Å²) in [7, 11) is 0. The predicted octanol–water partition coefficient (Wildman–Crippen LogP) is 7.95. The van der Waals surface area contributed by atoms with Gasteiger partial charge in [-0.25, -0.2) is 22.8 Å². The average Bonchev–Trinajstić information content (AvgIpc) is 3.41. The van der Waals surface area contributed by atoms with E-state index in [0.29, 0.717) is 10.4 Å². The van der Waals surface area contributed by atoms with Crippen LogP contribution in [0.3, 0.4) is 0 Å². The number of aryl methyl sites for hydroxylation is 1. The number of benzene rings is 1. The van der Waals surface area contributed by atoms with Gasteiger partial charge in [0.1, 0.15) is 11.5 Å². The van der Waals surface area contributed by atoms with Gasteiger partial charge in [0.25, 0.3) is 12.0 Å². The van der Waals surface area contributed by atoms with Crippen LogP contribution in [0.4, 0.5) is 26.3 Å². The van der Waals surface area contributed by atoms with E-state index in [2.05, 4.69) is 15.1 Å². The first kappa shape index (κ1) is 29.4. The van der Waals surface area contributed by atoms with Gasteiger partial charge in [-0.1, -0.05) is 31.4 Å². The van der Waals surface area contributed by atoms with Crippen LogP contribution in [0.25, 0.3) is 10.6 Å². The molecule has 5 nitrogen and oxygen atoms in total. The van der Waals surface area contributed by atoms with Gasteiger partial charge in [0, 0.05) is 18.0 Å². The molecule has 1 aliphatic carbocycles. The van der Waals surface area contributed by atoms with Gasteiger partial charge in [-0.05, 0) is 61.6 Å². The molecule has 1 aliphatic rings. The van der Waals surface area contributed by atoms with Crippen molar-refractivity contribution in [2.45, 2.75) is 64.1 Å². The van der Waals surface area contributed by atoms with Gasteiger partial charge in [-0.3, -0.25) is 9.78 Å². The van der Waals surface area contributed by atoms with E-state index in [1.807, 2.05) is 13.0 Å². The molecule has 0 radical (unpaired) electrons. The molecular formula is C28H26F6N4OS. The van der Waals surface area contributed by atoms with Crippen molar-refractivity contribution < 1.29 is 26.3 Å². The Hall–Kier alpha value is -3.54. The molecule has 0 atom stereocenters. The van der Waals surface area contributed by atoms with E-state index in [1.165, 1.54) is 30.6 Å². The normalized spacial score (nSPS) is 14.2. The highest BCUT2D eigenvalue weighted by molar-refractivity contribution is 7.15. The summed E-state index contributed by atoms with van der Waals surface area (Å²) >= 11 is 0.743. The highest BCUT2D eigenvalue weighted by Crippen LogP contribution is 2.35. The number of rotatable bonds is 5. The van der Waals surface area contributed by atoms with Gasteiger partial charge in [0.05, 0.1) is 22.7 Å². The molecule has 3 aromatic heterocycles. The second kappa shape index (κ2) is 12.8. The van der Waals surface area contributed by atoms with E-state index in [0.717, 1.165) is 59.8 Å². The Morgan fingerprint density at radius 3 is 2.40 bits per heavy atom. The number of hydrogen-bond acceptors (Lipinski definition) is 5. The number of hydrogen-bond donors (Lipinski definition) is 0. The van der Waals surface area contributed by atoms with Crippen LogP contribution >= 0.6 is 11.3 Å². The van der Waals surface area contributed by atoms with Crippen LogP contribution in [0.2, 0.25) is 0 Å². The number of alkyl halides is 5. The molecule has 0 amide bonds. The molecule has 1 fully saturated rings. The standard InChI is InChI=1S/C21H19F5N4OS.C7H7F/c22-18(23)19-28-10-17(32-19)15-9-13(12-5-2-1-3-6-12)20(31)30(29-15)11-16-14(21(24,25)26)7-4-8-27-16;1-6-3-2-4-7(8)5-6/h4,7-10,12,18H,1-3,5-6,11H2;2-5H,1H3. The molecule has 4 aromatic rings. The van der Waals surface area contributed by atoms with Crippen molar-refractivity contribution in [1.82, 2.24) is 19.7 Å². The summed E-state index contributed by atoms with van der Waals surface area (Å²) in [5.74, 6) is -0.220. The van der Waals surface area contributed by atoms with Crippen LogP contribution in [-0.4, -0.2) is 19.7 Å². The lowest BCUT2D eigenvalue weighted by atomic mass is 9.84. The molecular weight excluding hydrogens is 554 g/mol. The fourth-order valence-corrected chi connectivity index (χ4v) is 5.30. The predicted molar refractivity (Wildman–Crippen MR) is 140 cm³/mol. The first-order chi connectivity index (χ1) is 19.0. The fourth-order valence-electron chi connectivity index (χ4n) is 4.57. The summed E-state index contributed by atoms with van der Waals surface area (Å²) in [6.45, 7) is 1.38. The molecule has 212 valence electrons. The van der Waals surface area contributed by atoms with Crippen molar-refractivity contribution in [3.05, 3.63) is 98.4 Å². The first-order valence-electron chi connectivity index (χ1n) is 12.6. The molecule has 40 heavy (non-hydrogen) atoms. The summed E-state index contributed by atoms with van der Waals surface area (Å²) in [5.41, 5.74) is -0.136. The number of pyridine rings is 1. The second-order valence-corrected chi connectivity index (χ2v) is 10.5. The summed E-state index contributed by atoms with van der Waals surface area (Å²) in [5, 5.41) is 3.83. The lowest BCUT2D eigenvalue weighted by molar-refractivity contribution is -0.138. The molecule has 3 heterocycles. The van der Waals surface area contributed by atoms with Crippen LogP contribution < -0.4 is 5.56 Å². The lowest BCUT2D eigenvalue weighted by Gasteiger charge is -2.22. The molecule has 0 spiro atoms. The van der Waals surface area contributed by atoms with Crippen LogP contribution in [0.15, 0.2) is 59.7 Å². The minimum atomic E-state index is -4.64.